The topological polar surface area (TPSA) is 101 Å². The van der Waals surface area contributed by atoms with Crippen LogP contribution in [0.25, 0.3) is 0 Å². The summed E-state index contributed by atoms with van der Waals surface area (Å²) in [5, 5.41) is 3.00. The first-order valence-corrected chi connectivity index (χ1v) is 13.8. The highest BCUT2D eigenvalue weighted by atomic mass is 32.2. The van der Waals surface area contributed by atoms with Crippen molar-refractivity contribution in [2.24, 2.45) is 5.92 Å². The molecule has 2 aromatic rings. The number of nitrogens with zero attached hydrogens (tertiary/aromatic N) is 3. The molecular formula is C23H34N4O5S2. The van der Waals surface area contributed by atoms with Gasteiger partial charge in [-0.15, -0.1) is 11.3 Å². The van der Waals surface area contributed by atoms with Crippen LogP contribution in [0.2, 0.25) is 0 Å². The fourth-order valence-electron chi connectivity index (χ4n) is 3.89. The molecule has 188 valence electrons. The largest absolute Gasteiger partial charge is 0.491 e. The molecule has 11 heteroatoms. The van der Waals surface area contributed by atoms with Crippen molar-refractivity contribution in [3.05, 3.63) is 40.3 Å². The van der Waals surface area contributed by atoms with Crippen LogP contribution >= 0.6 is 11.3 Å². The van der Waals surface area contributed by atoms with Gasteiger partial charge in [-0.1, -0.05) is 6.92 Å². The van der Waals surface area contributed by atoms with E-state index >= 15 is 0 Å². The summed E-state index contributed by atoms with van der Waals surface area (Å²) in [5.74, 6) is 0.243. The summed E-state index contributed by atoms with van der Waals surface area (Å²) in [6.07, 6.45) is 1.63. The lowest BCUT2D eigenvalue weighted by atomic mass is 10.0. The summed E-state index contributed by atoms with van der Waals surface area (Å²) in [6.45, 7) is 7.97. The predicted molar refractivity (Wildman–Crippen MR) is 134 cm³/mol. The van der Waals surface area contributed by atoms with E-state index in [9.17, 15) is 13.2 Å². The Labute approximate surface area is 206 Å². The van der Waals surface area contributed by atoms with Crippen LogP contribution in [-0.4, -0.2) is 80.9 Å². The highest BCUT2D eigenvalue weighted by Crippen LogP contribution is 2.27. The van der Waals surface area contributed by atoms with Crippen LogP contribution < -0.4 is 9.46 Å². The van der Waals surface area contributed by atoms with Gasteiger partial charge in [0, 0.05) is 50.6 Å². The third kappa shape index (κ3) is 6.68. The Balaban J connectivity index is 1.95. The maximum Gasteiger partial charge on any atom is 0.257 e. The predicted octanol–water partition coefficient (Wildman–Crippen LogP) is 2.91. The van der Waals surface area contributed by atoms with Crippen molar-refractivity contribution in [3.8, 4) is 5.75 Å². The van der Waals surface area contributed by atoms with Crippen molar-refractivity contribution in [3.63, 3.8) is 0 Å². The van der Waals surface area contributed by atoms with E-state index in [4.69, 9.17) is 9.47 Å². The number of hydrogen-bond acceptors (Lipinski definition) is 8. The number of fused-ring (bicyclic) bond motifs is 1. The number of nitrogens with one attached hydrogen (secondary N) is 1. The molecule has 1 aliphatic heterocycles. The van der Waals surface area contributed by atoms with Crippen molar-refractivity contribution in [1.82, 2.24) is 14.8 Å². The second kappa shape index (κ2) is 11.5. The molecule has 1 aliphatic rings. The van der Waals surface area contributed by atoms with E-state index in [-0.39, 0.29) is 29.7 Å². The van der Waals surface area contributed by atoms with E-state index in [1.807, 2.05) is 5.38 Å². The van der Waals surface area contributed by atoms with E-state index in [1.165, 1.54) is 6.07 Å². The minimum Gasteiger partial charge on any atom is -0.491 e. The Bertz CT molecular complexity index is 1060. The summed E-state index contributed by atoms with van der Waals surface area (Å²) in [5.41, 5.74) is 0.633. The minimum absolute atomic E-state index is 0.0437. The molecule has 1 amide bonds. The van der Waals surface area contributed by atoms with Gasteiger partial charge >= 0.3 is 0 Å². The van der Waals surface area contributed by atoms with Gasteiger partial charge in [-0.3, -0.25) is 14.4 Å². The molecule has 0 fully saturated rings. The molecule has 0 saturated carbocycles. The van der Waals surface area contributed by atoms with E-state index in [1.54, 1.807) is 55.6 Å². The second-order valence-corrected chi connectivity index (χ2v) is 11.7. The van der Waals surface area contributed by atoms with Crippen LogP contribution in [0.4, 0.5) is 5.69 Å². The summed E-state index contributed by atoms with van der Waals surface area (Å²) in [4.78, 5) is 21.7. The molecule has 3 rings (SSSR count). The average molecular weight is 511 g/mol. The summed E-state index contributed by atoms with van der Waals surface area (Å²) < 4.78 is 38.5. The SMILES string of the molecule is CCS(=O)(=O)Nc1ccc2c(c1)C(=O)N(C)C[C@@H](OC)[C@H](C)CN(Cc1nccs1)[C@H](C)CO2. The molecule has 0 saturated heterocycles. The standard InChI is InChI=1S/C23H34N4O5S2/c1-6-34(29,30)25-18-7-8-20-19(11-18)23(28)26(4)13-21(31-5)16(2)12-27(17(3)15-32-20)14-22-24-9-10-33-22/h7-11,16-17,21,25H,6,12-15H2,1-5H3/t16-,17-,21-/m1/s1. The van der Waals surface area contributed by atoms with Gasteiger partial charge < -0.3 is 14.4 Å². The molecule has 2 heterocycles. The number of ether oxygens (including phenoxy) is 2. The number of benzene rings is 1. The molecule has 0 bridgehead atoms. The average Bonchev–Trinajstić information content (AvgIpc) is 3.32. The second-order valence-electron chi connectivity index (χ2n) is 8.67. The maximum atomic E-state index is 13.4. The molecule has 3 atom stereocenters. The van der Waals surface area contributed by atoms with E-state index in [0.29, 0.717) is 36.7 Å². The zero-order valence-electron chi connectivity index (χ0n) is 20.4. The maximum absolute atomic E-state index is 13.4. The van der Waals surface area contributed by atoms with Crippen molar-refractivity contribution in [2.75, 3.05) is 44.3 Å². The number of amides is 1. The minimum atomic E-state index is -3.48. The van der Waals surface area contributed by atoms with E-state index in [2.05, 4.69) is 28.5 Å². The first kappa shape index (κ1) is 26.4. The Morgan fingerprint density at radius 2 is 2.06 bits per heavy atom. The quantitative estimate of drug-likeness (QED) is 0.638. The van der Waals surface area contributed by atoms with Crippen molar-refractivity contribution in [2.45, 2.75) is 39.5 Å². The normalized spacial score (nSPS) is 22.9. The number of thiazole rings is 1. The Kier molecular flexibility index (Phi) is 8.91. The highest BCUT2D eigenvalue weighted by Gasteiger charge is 2.29. The number of carbonyl (C=O) groups excluding carboxylic acids is 1. The summed E-state index contributed by atoms with van der Waals surface area (Å²) in [6, 6.07) is 4.84. The third-order valence-corrected chi connectivity index (χ3v) is 8.12. The fraction of sp³-hybridized carbons (Fsp3) is 0.565. The van der Waals surface area contributed by atoms with Gasteiger partial charge in [0.1, 0.15) is 17.4 Å². The molecule has 0 spiro atoms. The molecule has 1 N–H and O–H groups in total. The van der Waals surface area contributed by atoms with Crippen LogP contribution in [0.15, 0.2) is 29.8 Å². The molecule has 1 aromatic carbocycles. The van der Waals surface area contributed by atoms with Gasteiger partial charge in [-0.05, 0) is 38.0 Å². The smallest absolute Gasteiger partial charge is 0.257 e. The monoisotopic (exact) mass is 510 g/mol. The van der Waals surface area contributed by atoms with Crippen LogP contribution in [0.5, 0.6) is 5.75 Å². The van der Waals surface area contributed by atoms with Gasteiger partial charge in [0.25, 0.3) is 5.91 Å². The van der Waals surface area contributed by atoms with Crippen LogP contribution in [0, 0.1) is 5.92 Å². The van der Waals surface area contributed by atoms with Crippen molar-refractivity contribution < 1.29 is 22.7 Å². The molecule has 0 aliphatic carbocycles. The summed E-state index contributed by atoms with van der Waals surface area (Å²) in [7, 11) is -0.0994. The number of carbonyl (C=O) groups is 1. The lowest BCUT2D eigenvalue weighted by Crippen LogP contribution is -2.46. The molecular weight excluding hydrogens is 476 g/mol. The number of anilines is 1. The number of aromatic nitrogens is 1. The molecule has 34 heavy (non-hydrogen) atoms. The van der Waals surface area contributed by atoms with Crippen molar-refractivity contribution >= 4 is 33.0 Å². The number of hydrogen-bond donors (Lipinski definition) is 1. The number of rotatable bonds is 6. The molecule has 1 aromatic heterocycles. The van der Waals surface area contributed by atoms with Gasteiger partial charge in [0.05, 0.1) is 24.0 Å². The summed E-state index contributed by atoms with van der Waals surface area (Å²) >= 11 is 1.62. The van der Waals surface area contributed by atoms with Gasteiger partial charge in [-0.25, -0.2) is 13.4 Å². The lowest BCUT2D eigenvalue weighted by molar-refractivity contribution is 0.00921. The number of sulfonamides is 1. The van der Waals surface area contributed by atoms with Gasteiger partial charge in [-0.2, -0.15) is 0 Å². The Morgan fingerprint density at radius 1 is 1.29 bits per heavy atom. The molecule has 0 radical (unpaired) electrons. The Hall–Kier alpha value is -2.21. The Morgan fingerprint density at radius 3 is 2.71 bits per heavy atom. The van der Waals surface area contributed by atoms with Crippen LogP contribution in [-0.2, 0) is 21.3 Å². The zero-order chi connectivity index (χ0) is 24.9. The lowest BCUT2D eigenvalue weighted by Gasteiger charge is -2.35. The van der Waals surface area contributed by atoms with Gasteiger partial charge in [0.2, 0.25) is 10.0 Å². The molecule has 9 nitrogen and oxygen atoms in total. The van der Waals surface area contributed by atoms with Crippen LogP contribution in [0.3, 0.4) is 0 Å². The highest BCUT2D eigenvalue weighted by molar-refractivity contribution is 7.92. The third-order valence-electron chi connectivity index (χ3n) is 6.05. The number of methoxy groups -OCH3 is 1. The van der Waals surface area contributed by atoms with Crippen molar-refractivity contribution in [1.29, 1.82) is 0 Å². The number of likely N-dealkylation sites (N-methyl/N-ethyl adjacent to an activating group) is 1. The zero-order valence-corrected chi connectivity index (χ0v) is 22.0. The fourth-order valence-corrected chi connectivity index (χ4v) is 5.16. The van der Waals surface area contributed by atoms with E-state index < -0.39 is 10.0 Å². The first-order valence-electron chi connectivity index (χ1n) is 11.3. The van der Waals surface area contributed by atoms with Gasteiger partial charge in [0.15, 0.2) is 0 Å². The molecule has 0 unspecified atom stereocenters. The van der Waals surface area contributed by atoms with E-state index in [0.717, 1.165) is 11.6 Å². The van der Waals surface area contributed by atoms with Crippen LogP contribution in [0.1, 0.15) is 36.1 Å². The first-order chi connectivity index (χ1) is 16.1.